The van der Waals surface area contributed by atoms with Crippen molar-refractivity contribution in [3.63, 3.8) is 0 Å². The van der Waals surface area contributed by atoms with Crippen molar-refractivity contribution in [1.82, 2.24) is 10.2 Å². The SMILES string of the molecule is CC1CN(C2CC2)CC(O)CN1. The van der Waals surface area contributed by atoms with E-state index in [1.807, 2.05) is 0 Å². The number of aliphatic hydroxyl groups is 1. The van der Waals surface area contributed by atoms with Crippen molar-refractivity contribution in [2.45, 2.75) is 38.0 Å². The second-order valence-corrected chi connectivity index (χ2v) is 4.15. The van der Waals surface area contributed by atoms with Crippen LogP contribution in [0.2, 0.25) is 0 Å². The fourth-order valence-electron chi connectivity index (χ4n) is 1.90. The van der Waals surface area contributed by atoms with Gasteiger partial charge in [-0.3, -0.25) is 4.90 Å². The molecule has 3 heteroatoms. The van der Waals surface area contributed by atoms with Crippen molar-refractivity contribution < 1.29 is 5.11 Å². The average molecular weight is 170 g/mol. The molecule has 70 valence electrons. The molecule has 1 saturated heterocycles. The first kappa shape index (κ1) is 8.48. The standard InChI is InChI=1S/C9H18N2O/c1-7-5-11(8-2-3-8)6-9(12)4-10-7/h7-10,12H,2-6H2,1H3. The topological polar surface area (TPSA) is 35.5 Å². The number of nitrogens with one attached hydrogen (secondary N) is 1. The van der Waals surface area contributed by atoms with Crippen molar-refractivity contribution in [3.05, 3.63) is 0 Å². The highest BCUT2D eigenvalue weighted by Crippen LogP contribution is 2.27. The molecule has 2 rings (SSSR count). The number of nitrogens with zero attached hydrogens (tertiary/aromatic N) is 1. The maximum absolute atomic E-state index is 9.55. The van der Waals surface area contributed by atoms with Crippen LogP contribution in [0.15, 0.2) is 0 Å². The van der Waals surface area contributed by atoms with Crippen LogP contribution in [-0.4, -0.2) is 47.8 Å². The molecule has 1 aliphatic carbocycles. The van der Waals surface area contributed by atoms with E-state index < -0.39 is 0 Å². The van der Waals surface area contributed by atoms with Crippen molar-refractivity contribution >= 4 is 0 Å². The molecular formula is C9H18N2O. The van der Waals surface area contributed by atoms with Crippen LogP contribution in [0, 0.1) is 0 Å². The number of β-amino-alcohol motifs (C(OH)–C–C–N with tert-alkyl or cyclic N) is 1. The van der Waals surface area contributed by atoms with E-state index in [0.29, 0.717) is 6.04 Å². The first-order valence-electron chi connectivity index (χ1n) is 4.91. The summed E-state index contributed by atoms with van der Waals surface area (Å²) in [5.74, 6) is 0. The minimum Gasteiger partial charge on any atom is -0.390 e. The molecule has 2 aliphatic rings. The quantitative estimate of drug-likeness (QED) is 0.572. The number of aliphatic hydroxyl groups excluding tert-OH is 1. The summed E-state index contributed by atoms with van der Waals surface area (Å²) in [7, 11) is 0. The zero-order chi connectivity index (χ0) is 8.55. The Labute approximate surface area is 73.8 Å². The fraction of sp³-hybridized carbons (Fsp3) is 1.00. The molecule has 0 radical (unpaired) electrons. The summed E-state index contributed by atoms with van der Waals surface area (Å²) in [6, 6.07) is 1.31. The molecular weight excluding hydrogens is 152 g/mol. The Morgan fingerprint density at radius 2 is 2.08 bits per heavy atom. The van der Waals surface area contributed by atoms with Crippen LogP contribution in [0.4, 0.5) is 0 Å². The molecule has 0 aromatic heterocycles. The highest BCUT2D eigenvalue weighted by atomic mass is 16.3. The molecule has 2 unspecified atom stereocenters. The molecule has 0 spiro atoms. The highest BCUT2D eigenvalue weighted by molar-refractivity contribution is 4.89. The summed E-state index contributed by atoms with van der Waals surface area (Å²) in [5, 5.41) is 12.9. The van der Waals surface area contributed by atoms with Gasteiger partial charge in [0.05, 0.1) is 6.10 Å². The van der Waals surface area contributed by atoms with Crippen LogP contribution < -0.4 is 5.32 Å². The second kappa shape index (κ2) is 3.32. The Balaban J connectivity index is 1.92. The molecule has 2 atom stereocenters. The molecule has 0 amide bonds. The summed E-state index contributed by atoms with van der Waals surface area (Å²) in [4.78, 5) is 2.43. The number of rotatable bonds is 1. The van der Waals surface area contributed by atoms with Gasteiger partial charge < -0.3 is 10.4 Å². The molecule has 2 N–H and O–H groups in total. The van der Waals surface area contributed by atoms with Crippen molar-refractivity contribution in [1.29, 1.82) is 0 Å². The van der Waals surface area contributed by atoms with Crippen LogP contribution in [0.25, 0.3) is 0 Å². The van der Waals surface area contributed by atoms with Gasteiger partial charge in [-0.05, 0) is 19.8 Å². The third kappa shape index (κ3) is 1.97. The van der Waals surface area contributed by atoms with E-state index in [1.165, 1.54) is 12.8 Å². The summed E-state index contributed by atoms with van der Waals surface area (Å²) >= 11 is 0. The molecule has 2 fully saturated rings. The van der Waals surface area contributed by atoms with Crippen molar-refractivity contribution in [3.8, 4) is 0 Å². The molecule has 0 bridgehead atoms. The lowest BCUT2D eigenvalue weighted by Gasteiger charge is -2.22. The third-order valence-electron chi connectivity index (χ3n) is 2.72. The van der Waals surface area contributed by atoms with E-state index in [-0.39, 0.29) is 6.10 Å². The van der Waals surface area contributed by atoms with Gasteiger partial charge in [0.2, 0.25) is 0 Å². The number of hydrogen-bond acceptors (Lipinski definition) is 3. The lowest BCUT2D eigenvalue weighted by Crippen LogP contribution is -2.36. The largest absolute Gasteiger partial charge is 0.390 e. The van der Waals surface area contributed by atoms with Crippen molar-refractivity contribution in [2.75, 3.05) is 19.6 Å². The molecule has 0 aromatic carbocycles. The van der Waals surface area contributed by atoms with Gasteiger partial charge in [-0.2, -0.15) is 0 Å². The maximum atomic E-state index is 9.55. The zero-order valence-corrected chi connectivity index (χ0v) is 7.66. The summed E-state index contributed by atoms with van der Waals surface area (Å²) in [6.45, 7) is 4.90. The lowest BCUT2D eigenvalue weighted by atomic mass is 10.3. The van der Waals surface area contributed by atoms with Gasteiger partial charge in [0.1, 0.15) is 0 Å². The first-order chi connectivity index (χ1) is 5.75. The van der Waals surface area contributed by atoms with E-state index in [9.17, 15) is 5.11 Å². The normalized spacial score (nSPS) is 39.5. The van der Waals surface area contributed by atoms with Gasteiger partial charge in [0.25, 0.3) is 0 Å². The van der Waals surface area contributed by atoms with Gasteiger partial charge in [-0.25, -0.2) is 0 Å². The first-order valence-corrected chi connectivity index (χ1v) is 4.91. The van der Waals surface area contributed by atoms with Gasteiger partial charge in [0.15, 0.2) is 0 Å². The Bertz CT molecular complexity index is 147. The smallest absolute Gasteiger partial charge is 0.0791 e. The van der Waals surface area contributed by atoms with Crippen LogP contribution in [0.3, 0.4) is 0 Å². The average Bonchev–Trinajstić information content (AvgIpc) is 2.79. The van der Waals surface area contributed by atoms with Gasteiger partial charge in [-0.1, -0.05) is 0 Å². The lowest BCUT2D eigenvalue weighted by molar-refractivity contribution is 0.126. The third-order valence-corrected chi connectivity index (χ3v) is 2.72. The maximum Gasteiger partial charge on any atom is 0.0791 e. The van der Waals surface area contributed by atoms with Gasteiger partial charge in [-0.15, -0.1) is 0 Å². The monoisotopic (exact) mass is 170 g/mol. The van der Waals surface area contributed by atoms with Crippen LogP contribution in [0.5, 0.6) is 0 Å². The molecule has 3 nitrogen and oxygen atoms in total. The Morgan fingerprint density at radius 3 is 2.75 bits per heavy atom. The molecule has 1 aliphatic heterocycles. The predicted molar refractivity (Wildman–Crippen MR) is 48.1 cm³/mol. The molecule has 0 aromatic rings. The Morgan fingerprint density at radius 1 is 1.33 bits per heavy atom. The molecule has 1 heterocycles. The predicted octanol–water partition coefficient (Wildman–Crippen LogP) is -0.197. The van der Waals surface area contributed by atoms with Gasteiger partial charge >= 0.3 is 0 Å². The van der Waals surface area contributed by atoms with E-state index in [1.54, 1.807) is 0 Å². The zero-order valence-electron chi connectivity index (χ0n) is 7.66. The second-order valence-electron chi connectivity index (χ2n) is 4.15. The van der Waals surface area contributed by atoms with E-state index in [2.05, 4.69) is 17.1 Å². The highest BCUT2D eigenvalue weighted by Gasteiger charge is 2.32. The van der Waals surface area contributed by atoms with Crippen LogP contribution in [0.1, 0.15) is 19.8 Å². The minimum atomic E-state index is -0.171. The summed E-state index contributed by atoms with van der Waals surface area (Å²) in [6.07, 6.45) is 2.49. The Hall–Kier alpha value is -0.120. The Kier molecular flexibility index (Phi) is 2.35. The van der Waals surface area contributed by atoms with Crippen molar-refractivity contribution in [2.24, 2.45) is 0 Å². The minimum absolute atomic E-state index is 0.171. The van der Waals surface area contributed by atoms with E-state index in [4.69, 9.17) is 0 Å². The van der Waals surface area contributed by atoms with E-state index in [0.717, 1.165) is 25.7 Å². The van der Waals surface area contributed by atoms with E-state index >= 15 is 0 Å². The van der Waals surface area contributed by atoms with Crippen LogP contribution >= 0.6 is 0 Å². The van der Waals surface area contributed by atoms with Gasteiger partial charge in [0, 0.05) is 31.7 Å². The van der Waals surface area contributed by atoms with Crippen LogP contribution in [-0.2, 0) is 0 Å². The molecule has 1 saturated carbocycles. The molecule has 12 heavy (non-hydrogen) atoms. The summed E-state index contributed by atoms with van der Waals surface area (Å²) in [5.41, 5.74) is 0. The number of hydrogen-bond donors (Lipinski definition) is 2. The fourth-order valence-corrected chi connectivity index (χ4v) is 1.90. The summed E-state index contributed by atoms with van der Waals surface area (Å²) < 4.78 is 0.